The number of aromatic nitrogens is 1. The molecule has 3 heterocycles. The van der Waals surface area contributed by atoms with Gasteiger partial charge in [-0.15, -0.1) is 0 Å². The molecule has 0 unspecified atom stereocenters. The highest BCUT2D eigenvalue weighted by atomic mass is 16.7. The number of ether oxygens (including phenoxy) is 2. The van der Waals surface area contributed by atoms with E-state index in [9.17, 15) is 4.79 Å². The first-order chi connectivity index (χ1) is 14.2. The number of hydrogen-bond acceptors (Lipinski definition) is 5. The fourth-order valence-corrected chi connectivity index (χ4v) is 4.20. The Morgan fingerprint density at radius 3 is 2.76 bits per heavy atom. The lowest BCUT2D eigenvalue weighted by atomic mass is 9.93. The van der Waals surface area contributed by atoms with Crippen LogP contribution in [0.1, 0.15) is 36.8 Å². The summed E-state index contributed by atoms with van der Waals surface area (Å²) in [4.78, 5) is 21.6. The van der Waals surface area contributed by atoms with Crippen LogP contribution in [0.3, 0.4) is 0 Å². The first kappa shape index (κ1) is 19.7. The number of pyridine rings is 1. The molecule has 1 aromatic heterocycles. The highest BCUT2D eigenvalue weighted by molar-refractivity contribution is 5.76. The number of carbonyl (C=O) groups excluding carboxylic acids is 1. The van der Waals surface area contributed by atoms with Crippen LogP contribution in [0.5, 0.6) is 11.5 Å². The molecular weight excluding hydrogens is 366 g/mol. The Bertz CT molecular complexity index is 827. The van der Waals surface area contributed by atoms with Gasteiger partial charge < -0.3 is 19.3 Å². The van der Waals surface area contributed by atoms with Crippen molar-refractivity contribution in [3.8, 4) is 11.5 Å². The molecule has 1 fully saturated rings. The van der Waals surface area contributed by atoms with Gasteiger partial charge in [-0.25, -0.2) is 0 Å². The van der Waals surface area contributed by atoms with E-state index in [1.807, 2.05) is 35.2 Å². The molecule has 4 rings (SSSR count). The van der Waals surface area contributed by atoms with Crippen molar-refractivity contribution in [1.82, 2.24) is 14.8 Å². The zero-order chi connectivity index (χ0) is 20.1. The SMILES string of the molecule is CN1CCC[C@@H](CCC(=O)N(Cc2ccncc2)Cc2ccc3c(c2)OCO3)C1. The van der Waals surface area contributed by atoms with E-state index in [2.05, 4.69) is 16.9 Å². The van der Waals surface area contributed by atoms with Gasteiger partial charge in [0.25, 0.3) is 0 Å². The lowest BCUT2D eigenvalue weighted by Crippen LogP contribution is -2.34. The van der Waals surface area contributed by atoms with Gasteiger partial charge in [0, 0.05) is 38.4 Å². The Kier molecular flexibility index (Phi) is 6.30. The third kappa shape index (κ3) is 5.26. The molecule has 2 aliphatic heterocycles. The summed E-state index contributed by atoms with van der Waals surface area (Å²) in [6.45, 7) is 3.67. The minimum atomic E-state index is 0.202. The van der Waals surface area contributed by atoms with E-state index < -0.39 is 0 Å². The Morgan fingerprint density at radius 1 is 1.14 bits per heavy atom. The van der Waals surface area contributed by atoms with Crippen LogP contribution in [0.15, 0.2) is 42.7 Å². The summed E-state index contributed by atoms with van der Waals surface area (Å²) >= 11 is 0. The lowest BCUT2D eigenvalue weighted by molar-refractivity contribution is -0.132. The Morgan fingerprint density at radius 2 is 1.93 bits per heavy atom. The maximum Gasteiger partial charge on any atom is 0.231 e. The number of amides is 1. The molecule has 0 N–H and O–H groups in total. The minimum Gasteiger partial charge on any atom is -0.454 e. The van der Waals surface area contributed by atoms with Crippen molar-refractivity contribution in [3.63, 3.8) is 0 Å². The number of benzene rings is 1. The molecule has 0 spiro atoms. The Balaban J connectivity index is 1.43. The number of piperidine rings is 1. The van der Waals surface area contributed by atoms with Crippen molar-refractivity contribution in [2.24, 2.45) is 5.92 Å². The largest absolute Gasteiger partial charge is 0.454 e. The van der Waals surface area contributed by atoms with Crippen LogP contribution in [-0.4, -0.2) is 47.6 Å². The summed E-state index contributed by atoms with van der Waals surface area (Å²) in [5.41, 5.74) is 2.14. The molecule has 29 heavy (non-hydrogen) atoms. The van der Waals surface area contributed by atoms with Crippen LogP contribution in [0.4, 0.5) is 0 Å². The van der Waals surface area contributed by atoms with Crippen LogP contribution in [-0.2, 0) is 17.9 Å². The van der Waals surface area contributed by atoms with E-state index in [1.54, 1.807) is 12.4 Å². The van der Waals surface area contributed by atoms with Crippen molar-refractivity contribution in [2.45, 2.75) is 38.8 Å². The standard InChI is InChI=1S/C23H29N3O3/c1-25-12-2-3-18(14-25)5-7-23(27)26(15-19-8-10-24-11-9-19)16-20-4-6-21-22(13-20)29-17-28-21/h4,6,8-11,13,18H,2-3,5,7,12,14-17H2,1H3/t18-/m0/s1. The van der Waals surface area contributed by atoms with Gasteiger partial charge in [-0.3, -0.25) is 9.78 Å². The molecule has 2 aliphatic rings. The molecule has 154 valence electrons. The highest BCUT2D eigenvalue weighted by Crippen LogP contribution is 2.33. The molecular formula is C23H29N3O3. The number of rotatable bonds is 7. The second kappa shape index (κ2) is 9.27. The van der Waals surface area contributed by atoms with Gasteiger partial charge in [0.05, 0.1) is 0 Å². The van der Waals surface area contributed by atoms with Crippen LogP contribution < -0.4 is 9.47 Å². The average molecular weight is 396 g/mol. The Labute approximate surface area is 172 Å². The normalized spacial score (nSPS) is 18.6. The van der Waals surface area contributed by atoms with Gasteiger partial charge in [0.15, 0.2) is 11.5 Å². The van der Waals surface area contributed by atoms with E-state index in [1.165, 1.54) is 19.4 Å². The molecule has 6 nitrogen and oxygen atoms in total. The molecule has 2 aromatic rings. The minimum absolute atomic E-state index is 0.202. The molecule has 0 saturated carbocycles. The van der Waals surface area contributed by atoms with E-state index >= 15 is 0 Å². The van der Waals surface area contributed by atoms with Gasteiger partial charge >= 0.3 is 0 Å². The van der Waals surface area contributed by atoms with Crippen LogP contribution in [0.2, 0.25) is 0 Å². The molecule has 1 aromatic carbocycles. The Hall–Kier alpha value is -2.60. The monoisotopic (exact) mass is 395 g/mol. The first-order valence-electron chi connectivity index (χ1n) is 10.4. The first-order valence-corrected chi connectivity index (χ1v) is 10.4. The number of fused-ring (bicyclic) bond motifs is 1. The van der Waals surface area contributed by atoms with Crippen molar-refractivity contribution in [2.75, 3.05) is 26.9 Å². The fraction of sp³-hybridized carbons (Fsp3) is 0.478. The van der Waals surface area contributed by atoms with Gasteiger partial charge in [0.1, 0.15) is 0 Å². The summed E-state index contributed by atoms with van der Waals surface area (Å²) in [5.74, 6) is 2.34. The summed E-state index contributed by atoms with van der Waals surface area (Å²) in [6.07, 6.45) is 7.55. The summed E-state index contributed by atoms with van der Waals surface area (Å²) in [6, 6.07) is 9.85. The number of likely N-dealkylation sites (tertiary alicyclic amines) is 1. The molecule has 1 atom stereocenters. The molecule has 0 radical (unpaired) electrons. The van der Waals surface area contributed by atoms with E-state index in [-0.39, 0.29) is 12.7 Å². The molecule has 1 amide bonds. The zero-order valence-electron chi connectivity index (χ0n) is 17.0. The van der Waals surface area contributed by atoms with Crippen LogP contribution in [0, 0.1) is 5.92 Å². The van der Waals surface area contributed by atoms with Crippen LogP contribution in [0.25, 0.3) is 0 Å². The van der Waals surface area contributed by atoms with Crippen LogP contribution >= 0.6 is 0 Å². The third-order valence-electron chi connectivity index (χ3n) is 5.77. The summed E-state index contributed by atoms with van der Waals surface area (Å²) in [5, 5.41) is 0. The fourth-order valence-electron chi connectivity index (χ4n) is 4.20. The zero-order valence-corrected chi connectivity index (χ0v) is 17.0. The number of nitrogens with zero attached hydrogens (tertiary/aromatic N) is 3. The average Bonchev–Trinajstić information content (AvgIpc) is 3.20. The van der Waals surface area contributed by atoms with Crippen molar-refractivity contribution in [3.05, 3.63) is 53.9 Å². The topological polar surface area (TPSA) is 54.9 Å². The maximum absolute atomic E-state index is 13.2. The number of carbonyl (C=O) groups is 1. The van der Waals surface area contributed by atoms with Gasteiger partial charge in [-0.1, -0.05) is 6.07 Å². The quantitative estimate of drug-likeness (QED) is 0.719. The van der Waals surface area contributed by atoms with E-state index in [4.69, 9.17) is 9.47 Å². The second-order valence-corrected chi connectivity index (χ2v) is 8.10. The molecule has 6 heteroatoms. The second-order valence-electron chi connectivity index (χ2n) is 8.10. The predicted octanol–water partition coefficient (Wildman–Crippen LogP) is 3.46. The number of hydrogen-bond donors (Lipinski definition) is 0. The molecule has 0 aliphatic carbocycles. The van der Waals surface area contributed by atoms with Crippen molar-refractivity contribution >= 4 is 5.91 Å². The lowest BCUT2D eigenvalue weighted by Gasteiger charge is -2.30. The van der Waals surface area contributed by atoms with Crippen molar-refractivity contribution < 1.29 is 14.3 Å². The highest BCUT2D eigenvalue weighted by Gasteiger charge is 2.21. The van der Waals surface area contributed by atoms with E-state index in [0.717, 1.165) is 35.6 Å². The molecule has 1 saturated heterocycles. The van der Waals surface area contributed by atoms with Gasteiger partial charge in [-0.05, 0) is 74.2 Å². The molecule has 0 bridgehead atoms. The predicted molar refractivity (Wildman–Crippen MR) is 111 cm³/mol. The van der Waals surface area contributed by atoms with E-state index in [0.29, 0.717) is 25.4 Å². The van der Waals surface area contributed by atoms with Gasteiger partial charge in [-0.2, -0.15) is 0 Å². The van der Waals surface area contributed by atoms with Gasteiger partial charge in [0.2, 0.25) is 12.7 Å². The van der Waals surface area contributed by atoms with Crippen molar-refractivity contribution in [1.29, 1.82) is 0 Å². The summed E-state index contributed by atoms with van der Waals surface area (Å²) < 4.78 is 10.9. The maximum atomic E-state index is 13.2. The summed E-state index contributed by atoms with van der Waals surface area (Å²) in [7, 11) is 2.17. The smallest absolute Gasteiger partial charge is 0.231 e. The third-order valence-corrected chi connectivity index (χ3v) is 5.77.